The lowest BCUT2D eigenvalue weighted by Crippen LogP contribution is -2.41. The Balaban J connectivity index is 2.16. The summed E-state index contributed by atoms with van der Waals surface area (Å²) in [7, 11) is 0. The third kappa shape index (κ3) is 4.46. The number of nitrogens with zero attached hydrogens (tertiary/aromatic N) is 1. The molecule has 1 aliphatic heterocycles. The lowest BCUT2D eigenvalue weighted by molar-refractivity contribution is -0.144. The highest BCUT2D eigenvalue weighted by Crippen LogP contribution is 2.33. The van der Waals surface area contributed by atoms with Gasteiger partial charge in [0.15, 0.2) is 0 Å². The van der Waals surface area contributed by atoms with Crippen LogP contribution in [0.5, 0.6) is 0 Å². The van der Waals surface area contributed by atoms with E-state index in [1.807, 2.05) is 11.8 Å². The molecule has 0 amide bonds. The topological polar surface area (TPSA) is 40.5 Å². The predicted molar refractivity (Wildman–Crippen MR) is 79.3 cm³/mol. The lowest BCUT2D eigenvalue weighted by Gasteiger charge is -2.34. The highest BCUT2D eigenvalue weighted by Gasteiger charge is 2.32. The first kappa shape index (κ1) is 17.3. The zero-order valence-corrected chi connectivity index (χ0v) is 13.6. The predicted octanol–water partition coefficient (Wildman–Crippen LogP) is 4.01. The maximum Gasteiger partial charge on any atom is 0.416 e. The number of rotatable bonds is 3. The minimum Gasteiger partial charge on any atom is -0.481 e. The average molecular weight is 380 g/mol. The van der Waals surface area contributed by atoms with Crippen molar-refractivity contribution in [1.29, 1.82) is 0 Å². The molecule has 0 radical (unpaired) electrons. The van der Waals surface area contributed by atoms with E-state index in [0.29, 0.717) is 36.1 Å². The van der Waals surface area contributed by atoms with Gasteiger partial charge in [0.2, 0.25) is 0 Å². The van der Waals surface area contributed by atoms with Crippen molar-refractivity contribution in [3.05, 3.63) is 33.8 Å². The van der Waals surface area contributed by atoms with Gasteiger partial charge in [-0.05, 0) is 36.1 Å². The Morgan fingerprint density at radius 3 is 2.64 bits per heavy atom. The van der Waals surface area contributed by atoms with E-state index >= 15 is 0 Å². The van der Waals surface area contributed by atoms with Gasteiger partial charge in [-0.25, -0.2) is 0 Å². The number of aliphatic carboxylic acids is 1. The van der Waals surface area contributed by atoms with Gasteiger partial charge < -0.3 is 5.11 Å². The van der Waals surface area contributed by atoms with E-state index in [9.17, 15) is 18.0 Å². The standard InChI is InChI=1S/C15H17BrF3NO2/c1-9-2-11(14(21)22)8-20(6-9)7-10-3-12(15(17,18)19)5-13(16)4-10/h3-5,9,11H,2,6-8H2,1H3,(H,21,22). The summed E-state index contributed by atoms with van der Waals surface area (Å²) in [6.07, 6.45) is -3.78. The SMILES string of the molecule is CC1CC(C(=O)O)CN(Cc2cc(Br)cc(C(F)(F)F)c2)C1. The van der Waals surface area contributed by atoms with Crippen LogP contribution < -0.4 is 0 Å². The third-order valence-corrected chi connectivity index (χ3v) is 4.23. The number of alkyl halides is 3. The number of hydrogen-bond donors (Lipinski definition) is 1. The number of piperidine rings is 1. The van der Waals surface area contributed by atoms with Crippen molar-refractivity contribution in [2.24, 2.45) is 11.8 Å². The van der Waals surface area contributed by atoms with Gasteiger partial charge in [0.1, 0.15) is 0 Å². The molecule has 0 saturated carbocycles. The number of hydrogen-bond acceptors (Lipinski definition) is 2. The Kier molecular flexibility index (Phi) is 5.17. The molecule has 22 heavy (non-hydrogen) atoms. The van der Waals surface area contributed by atoms with E-state index < -0.39 is 23.6 Å². The first-order valence-corrected chi connectivity index (χ1v) is 7.76. The van der Waals surface area contributed by atoms with Gasteiger partial charge in [0.25, 0.3) is 0 Å². The molecular formula is C15H17BrF3NO2. The molecular weight excluding hydrogens is 363 g/mol. The van der Waals surface area contributed by atoms with E-state index in [-0.39, 0.29) is 5.92 Å². The van der Waals surface area contributed by atoms with Crippen molar-refractivity contribution in [1.82, 2.24) is 4.90 Å². The Bertz CT molecular complexity index is 562. The number of carbonyl (C=O) groups is 1. The molecule has 122 valence electrons. The van der Waals surface area contributed by atoms with Crippen LogP contribution in [0.15, 0.2) is 22.7 Å². The van der Waals surface area contributed by atoms with Gasteiger partial charge in [-0.15, -0.1) is 0 Å². The van der Waals surface area contributed by atoms with Crippen LogP contribution in [0.4, 0.5) is 13.2 Å². The summed E-state index contributed by atoms with van der Waals surface area (Å²) in [5.74, 6) is -1.09. The van der Waals surface area contributed by atoms with Gasteiger partial charge in [-0.2, -0.15) is 13.2 Å². The minimum absolute atomic E-state index is 0.212. The molecule has 0 aliphatic carbocycles. The summed E-state index contributed by atoms with van der Waals surface area (Å²) in [6, 6.07) is 3.81. The number of halogens is 4. The first-order valence-electron chi connectivity index (χ1n) is 6.97. The second kappa shape index (κ2) is 6.58. The molecule has 7 heteroatoms. The largest absolute Gasteiger partial charge is 0.481 e. The van der Waals surface area contributed by atoms with Crippen molar-refractivity contribution in [2.75, 3.05) is 13.1 Å². The fourth-order valence-corrected chi connectivity index (χ4v) is 3.47. The van der Waals surface area contributed by atoms with Gasteiger partial charge in [-0.1, -0.05) is 22.9 Å². The fraction of sp³-hybridized carbons (Fsp3) is 0.533. The van der Waals surface area contributed by atoms with Gasteiger partial charge in [0.05, 0.1) is 11.5 Å². The zero-order chi connectivity index (χ0) is 16.5. The monoisotopic (exact) mass is 379 g/mol. The summed E-state index contributed by atoms with van der Waals surface area (Å²) >= 11 is 3.10. The molecule has 1 fully saturated rings. The summed E-state index contributed by atoms with van der Waals surface area (Å²) in [6.45, 7) is 3.34. The highest BCUT2D eigenvalue weighted by atomic mass is 79.9. The van der Waals surface area contributed by atoms with Gasteiger partial charge in [-0.3, -0.25) is 9.69 Å². The molecule has 2 atom stereocenters. The maximum atomic E-state index is 12.8. The van der Waals surface area contributed by atoms with Crippen LogP contribution in [0.3, 0.4) is 0 Å². The second-order valence-electron chi connectivity index (χ2n) is 5.92. The van der Waals surface area contributed by atoms with Crippen LogP contribution in [0, 0.1) is 11.8 Å². The molecule has 0 aromatic heterocycles. The van der Waals surface area contributed by atoms with Crippen LogP contribution in [-0.4, -0.2) is 29.1 Å². The van der Waals surface area contributed by atoms with Gasteiger partial charge >= 0.3 is 12.1 Å². The van der Waals surface area contributed by atoms with Crippen LogP contribution in [0.25, 0.3) is 0 Å². The van der Waals surface area contributed by atoms with Gasteiger partial charge in [0, 0.05) is 24.1 Å². The highest BCUT2D eigenvalue weighted by molar-refractivity contribution is 9.10. The van der Waals surface area contributed by atoms with Crippen LogP contribution in [0.1, 0.15) is 24.5 Å². The molecule has 0 spiro atoms. The van der Waals surface area contributed by atoms with E-state index in [2.05, 4.69) is 15.9 Å². The molecule has 3 nitrogen and oxygen atoms in total. The van der Waals surface area contributed by atoms with Crippen molar-refractivity contribution >= 4 is 21.9 Å². The van der Waals surface area contributed by atoms with Crippen molar-refractivity contribution in [2.45, 2.75) is 26.1 Å². The summed E-state index contributed by atoms with van der Waals surface area (Å²) in [4.78, 5) is 13.1. The zero-order valence-electron chi connectivity index (χ0n) is 12.0. The Hall–Kier alpha value is -1.08. The Labute approximate surface area is 135 Å². The van der Waals surface area contributed by atoms with E-state index in [0.717, 1.165) is 12.1 Å². The lowest BCUT2D eigenvalue weighted by atomic mass is 9.90. The summed E-state index contributed by atoms with van der Waals surface area (Å²) in [5.41, 5.74) is -0.170. The van der Waals surface area contributed by atoms with E-state index in [1.54, 1.807) is 6.07 Å². The van der Waals surface area contributed by atoms with Crippen LogP contribution in [-0.2, 0) is 17.5 Å². The van der Waals surface area contributed by atoms with Crippen molar-refractivity contribution in [3.8, 4) is 0 Å². The van der Waals surface area contributed by atoms with Crippen molar-refractivity contribution < 1.29 is 23.1 Å². The molecule has 1 aromatic rings. The second-order valence-corrected chi connectivity index (χ2v) is 6.83. The number of benzene rings is 1. The maximum absolute atomic E-state index is 12.8. The average Bonchev–Trinajstić information content (AvgIpc) is 2.36. The van der Waals surface area contributed by atoms with Crippen LogP contribution >= 0.6 is 15.9 Å². The molecule has 2 rings (SSSR count). The molecule has 1 saturated heterocycles. The Morgan fingerprint density at radius 2 is 2.05 bits per heavy atom. The molecule has 1 N–H and O–H groups in total. The van der Waals surface area contributed by atoms with E-state index in [1.165, 1.54) is 0 Å². The fourth-order valence-electron chi connectivity index (χ4n) is 2.93. The Morgan fingerprint density at radius 1 is 1.36 bits per heavy atom. The molecule has 0 bridgehead atoms. The quantitative estimate of drug-likeness (QED) is 0.862. The number of carboxylic acids is 1. The smallest absolute Gasteiger partial charge is 0.416 e. The van der Waals surface area contributed by atoms with E-state index in [4.69, 9.17) is 5.11 Å². The molecule has 2 unspecified atom stereocenters. The first-order chi connectivity index (χ1) is 10.1. The molecule has 1 aromatic carbocycles. The van der Waals surface area contributed by atoms with Crippen LogP contribution in [0.2, 0.25) is 0 Å². The molecule has 1 heterocycles. The summed E-state index contributed by atoms with van der Waals surface area (Å²) in [5, 5.41) is 9.15. The van der Waals surface area contributed by atoms with Crippen molar-refractivity contribution in [3.63, 3.8) is 0 Å². The number of likely N-dealkylation sites (tertiary alicyclic amines) is 1. The molecule has 1 aliphatic rings. The third-order valence-electron chi connectivity index (χ3n) is 3.78. The summed E-state index contributed by atoms with van der Waals surface area (Å²) < 4.78 is 38.9. The number of carboxylic acid groups (broad SMARTS) is 1. The minimum atomic E-state index is -4.39. The normalized spacial score (nSPS) is 23.5.